The number of hydrogen-bond donors (Lipinski definition) is 0. The highest BCUT2D eigenvalue weighted by Crippen LogP contribution is 2.24. The van der Waals surface area contributed by atoms with Gasteiger partial charge in [-0.25, -0.2) is 9.79 Å². The highest BCUT2D eigenvalue weighted by molar-refractivity contribution is 7.98. The van der Waals surface area contributed by atoms with E-state index >= 15 is 0 Å². The summed E-state index contributed by atoms with van der Waals surface area (Å²) in [5, 5.41) is 0. The normalized spacial score (nSPS) is 15.8. The van der Waals surface area contributed by atoms with E-state index in [1.165, 1.54) is 6.08 Å². The maximum atomic E-state index is 12.2. The number of nitrogens with zero attached hydrogens (tertiary/aromatic N) is 1. The van der Waals surface area contributed by atoms with E-state index in [4.69, 9.17) is 9.15 Å². The number of benzene rings is 1. The number of esters is 1. The van der Waals surface area contributed by atoms with E-state index in [0.29, 0.717) is 28.8 Å². The molecule has 2 heterocycles. The van der Waals surface area contributed by atoms with Crippen LogP contribution in [0.4, 0.5) is 8.78 Å². The molecule has 0 unspecified atom stereocenters. The zero-order valence-electron chi connectivity index (χ0n) is 13.6. The molecule has 1 aliphatic rings. The second-order valence-corrected chi connectivity index (χ2v) is 6.49. The molecule has 0 N–H and O–H groups in total. The van der Waals surface area contributed by atoms with Crippen molar-refractivity contribution in [3.63, 3.8) is 0 Å². The molecular formula is C18H15F2NO3S. The van der Waals surface area contributed by atoms with Gasteiger partial charge in [0.15, 0.2) is 5.70 Å². The van der Waals surface area contributed by atoms with E-state index in [1.54, 1.807) is 12.1 Å². The van der Waals surface area contributed by atoms with Gasteiger partial charge in [-0.15, -0.1) is 0 Å². The quantitative estimate of drug-likeness (QED) is 0.571. The summed E-state index contributed by atoms with van der Waals surface area (Å²) in [6, 6.07) is 8.87. The average molecular weight is 363 g/mol. The molecule has 0 saturated carbocycles. The summed E-state index contributed by atoms with van der Waals surface area (Å²) in [6.45, 7) is 3.96. The van der Waals surface area contributed by atoms with Gasteiger partial charge in [-0.3, -0.25) is 0 Å². The Bertz CT molecular complexity index is 871. The van der Waals surface area contributed by atoms with E-state index in [0.717, 1.165) is 11.1 Å². The van der Waals surface area contributed by atoms with Gasteiger partial charge in [0.05, 0.1) is 5.75 Å². The molecule has 0 spiro atoms. The van der Waals surface area contributed by atoms with Crippen LogP contribution >= 0.6 is 11.8 Å². The first-order chi connectivity index (χ1) is 11.9. The molecule has 3 rings (SSSR count). The molecule has 1 aromatic heterocycles. The number of alkyl halides is 2. The first-order valence-electron chi connectivity index (χ1n) is 7.51. The number of hydrogen-bond acceptors (Lipinski definition) is 5. The summed E-state index contributed by atoms with van der Waals surface area (Å²) in [6.07, 6.45) is 1.44. The first kappa shape index (κ1) is 17.4. The van der Waals surface area contributed by atoms with Gasteiger partial charge < -0.3 is 9.15 Å². The average Bonchev–Trinajstić information content (AvgIpc) is 3.16. The highest BCUT2D eigenvalue weighted by Gasteiger charge is 2.24. The van der Waals surface area contributed by atoms with Crippen molar-refractivity contribution in [2.75, 3.05) is 0 Å². The Hall–Kier alpha value is -2.41. The van der Waals surface area contributed by atoms with Crippen LogP contribution in [-0.4, -0.2) is 17.6 Å². The van der Waals surface area contributed by atoms with Crippen molar-refractivity contribution in [1.29, 1.82) is 0 Å². The van der Waals surface area contributed by atoms with Gasteiger partial charge in [0.1, 0.15) is 11.5 Å². The van der Waals surface area contributed by atoms with Gasteiger partial charge in [-0.1, -0.05) is 17.8 Å². The Kier molecular flexibility index (Phi) is 5.03. The first-order valence-corrected chi connectivity index (χ1v) is 8.56. The third-order valence-corrected chi connectivity index (χ3v) is 4.39. The lowest BCUT2D eigenvalue weighted by atomic mass is 10.1. The van der Waals surface area contributed by atoms with Crippen LogP contribution in [0.2, 0.25) is 0 Å². The van der Waals surface area contributed by atoms with Crippen molar-refractivity contribution in [3.05, 3.63) is 64.2 Å². The molecule has 1 aromatic carbocycles. The lowest BCUT2D eigenvalue weighted by Crippen LogP contribution is -2.05. The molecule has 130 valence electrons. The van der Waals surface area contributed by atoms with Crippen LogP contribution < -0.4 is 0 Å². The third-order valence-electron chi connectivity index (χ3n) is 3.69. The van der Waals surface area contributed by atoms with Crippen molar-refractivity contribution in [2.24, 2.45) is 4.99 Å². The van der Waals surface area contributed by atoms with Gasteiger partial charge in [-0.05, 0) is 49.2 Å². The molecule has 0 aliphatic carbocycles. The van der Waals surface area contributed by atoms with E-state index in [9.17, 15) is 13.6 Å². The molecular weight excluding hydrogens is 348 g/mol. The number of rotatable bonds is 5. The zero-order valence-corrected chi connectivity index (χ0v) is 14.4. The van der Waals surface area contributed by atoms with Crippen LogP contribution in [-0.2, 0) is 15.3 Å². The topological polar surface area (TPSA) is 51.8 Å². The number of cyclic esters (lactones) is 1. The molecule has 0 radical (unpaired) electrons. The SMILES string of the molecule is Cc1ccc(C2=N/C(=C\c3ccc(CSC(F)F)o3)C(=O)O2)cc1C. The van der Waals surface area contributed by atoms with E-state index in [1.807, 2.05) is 32.0 Å². The third kappa shape index (κ3) is 4.17. The van der Waals surface area contributed by atoms with Gasteiger partial charge in [0.2, 0.25) is 5.90 Å². The Labute approximate surface area is 147 Å². The van der Waals surface area contributed by atoms with E-state index < -0.39 is 11.7 Å². The number of halogens is 2. The number of carbonyl (C=O) groups excluding carboxylic acids is 1. The summed E-state index contributed by atoms with van der Waals surface area (Å²) in [7, 11) is 0. The lowest BCUT2D eigenvalue weighted by molar-refractivity contribution is -0.129. The number of thioether (sulfide) groups is 1. The van der Waals surface area contributed by atoms with Gasteiger partial charge in [0.25, 0.3) is 5.76 Å². The minimum atomic E-state index is -2.46. The molecule has 25 heavy (non-hydrogen) atoms. The van der Waals surface area contributed by atoms with E-state index in [2.05, 4.69) is 4.99 Å². The van der Waals surface area contributed by atoms with Crippen molar-refractivity contribution in [1.82, 2.24) is 0 Å². The Balaban J connectivity index is 1.80. The fraction of sp³-hybridized carbons (Fsp3) is 0.222. The molecule has 0 fully saturated rings. The molecule has 0 atom stereocenters. The highest BCUT2D eigenvalue weighted by atomic mass is 32.2. The lowest BCUT2D eigenvalue weighted by Gasteiger charge is -2.03. The Morgan fingerprint density at radius 1 is 1.20 bits per heavy atom. The maximum Gasteiger partial charge on any atom is 0.363 e. The molecule has 0 saturated heterocycles. The van der Waals surface area contributed by atoms with E-state index in [-0.39, 0.29) is 17.3 Å². The zero-order chi connectivity index (χ0) is 18.0. The van der Waals surface area contributed by atoms with Gasteiger partial charge >= 0.3 is 5.97 Å². The van der Waals surface area contributed by atoms with Crippen LogP contribution in [0.5, 0.6) is 0 Å². The smallest absolute Gasteiger partial charge is 0.363 e. The van der Waals surface area contributed by atoms with Crippen molar-refractivity contribution in [3.8, 4) is 0 Å². The van der Waals surface area contributed by atoms with Gasteiger partial charge in [-0.2, -0.15) is 8.78 Å². The predicted octanol–water partition coefficient (Wildman–Crippen LogP) is 4.70. The minimum Gasteiger partial charge on any atom is -0.461 e. The number of carbonyl (C=O) groups is 1. The Morgan fingerprint density at radius 2 is 2.00 bits per heavy atom. The summed E-state index contributed by atoms with van der Waals surface area (Å²) in [4.78, 5) is 16.2. The fourth-order valence-corrected chi connectivity index (χ4v) is 2.68. The molecule has 0 bridgehead atoms. The summed E-state index contributed by atoms with van der Waals surface area (Å²) in [5.41, 5.74) is 3.03. The summed E-state index contributed by atoms with van der Waals surface area (Å²) < 4.78 is 35.0. The Morgan fingerprint density at radius 3 is 2.72 bits per heavy atom. The molecule has 2 aromatic rings. The molecule has 7 heteroatoms. The number of ether oxygens (including phenoxy) is 1. The minimum absolute atomic E-state index is 0.0580. The van der Waals surface area contributed by atoms with Crippen molar-refractivity contribution >= 4 is 29.7 Å². The predicted molar refractivity (Wildman–Crippen MR) is 92.5 cm³/mol. The summed E-state index contributed by atoms with van der Waals surface area (Å²) >= 11 is 0.474. The summed E-state index contributed by atoms with van der Waals surface area (Å²) in [5.74, 6) is -1.97. The second-order valence-electron chi connectivity index (χ2n) is 5.51. The van der Waals surface area contributed by atoms with Crippen LogP contribution in [0.1, 0.15) is 28.2 Å². The largest absolute Gasteiger partial charge is 0.461 e. The fourth-order valence-electron chi connectivity index (χ4n) is 2.24. The molecule has 1 aliphatic heterocycles. The number of aliphatic imine (C=N–C) groups is 1. The molecule has 0 amide bonds. The van der Waals surface area contributed by atoms with Crippen LogP contribution in [0.25, 0.3) is 6.08 Å². The number of aryl methyl sites for hydroxylation is 2. The van der Waals surface area contributed by atoms with Gasteiger partial charge in [0, 0.05) is 11.6 Å². The molecule has 4 nitrogen and oxygen atoms in total. The van der Waals surface area contributed by atoms with Crippen LogP contribution in [0.3, 0.4) is 0 Å². The monoisotopic (exact) mass is 363 g/mol. The van der Waals surface area contributed by atoms with Crippen molar-refractivity contribution in [2.45, 2.75) is 25.4 Å². The van der Waals surface area contributed by atoms with Crippen molar-refractivity contribution < 1.29 is 22.7 Å². The van der Waals surface area contributed by atoms with Crippen LogP contribution in [0.15, 0.2) is 45.4 Å². The van der Waals surface area contributed by atoms with Crippen LogP contribution in [0, 0.1) is 13.8 Å². The standard InChI is InChI=1S/C18H15F2NO3S/c1-10-3-4-12(7-11(10)2)16-21-15(17(22)24-16)8-13-5-6-14(23-13)9-25-18(19)20/h3-8,18H,9H2,1-2H3/b15-8-. The maximum absolute atomic E-state index is 12.2. The second kappa shape index (κ2) is 7.23. The number of furan rings is 1.